The van der Waals surface area contributed by atoms with Crippen molar-refractivity contribution in [3.63, 3.8) is 0 Å². The predicted octanol–water partition coefficient (Wildman–Crippen LogP) is 2.25. The van der Waals surface area contributed by atoms with E-state index in [2.05, 4.69) is 16.1 Å². The van der Waals surface area contributed by atoms with E-state index in [1.807, 2.05) is 16.0 Å². The summed E-state index contributed by atoms with van der Waals surface area (Å²) in [4.78, 5) is 19.5. The van der Waals surface area contributed by atoms with Gasteiger partial charge in [0.1, 0.15) is 5.01 Å². The van der Waals surface area contributed by atoms with Crippen molar-refractivity contribution >= 4 is 17.3 Å². The highest BCUT2D eigenvalue weighted by molar-refractivity contribution is 7.11. The van der Waals surface area contributed by atoms with Gasteiger partial charge in [-0.05, 0) is 31.7 Å². The maximum Gasteiger partial charge on any atom is 0.303 e. The summed E-state index contributed by atoms with van der Waals surface area (Å²) < 4.78 is 2.03. The number of aromatic nitrogens is 3. The van der Waals surface area contributed by atoms with E-state index in [-0.39, 0.29) is 6.42 Å². The Morgan fingerprint density at radius 3 is 3.00 bits per heavy atom. The normalized spacial score (nSPS) is 17.5. The van der Waals surface area contributed by atoms with Crippen LogP contribution in [0, 0.1) is 0 Å². The van der Waals surface area contributed by atoms with Crippen LogP contribution in [0.25, 0.3) is 0 Å². The molecule has 2 aliphatic rings. The highest BCUT2D eigenvalue weighted by Crippen LogP contribution is 2.28. The van der Waals surface area contributed by atoms with Gasteiger partial charge in [0.25, 0.3) is 0 Å². The first-order chi connectivity index (χ1) is 11.7. The zero-order valence-corrected chi connectivity index (χ0v) is 14.5. The summed E-state index contributed by atoms with van der Waals surface area (Å²) in [7, 11) is 0. The van der Waals surface area contributed by atoms with Crippen LogP contribution in [0.15, 0.2) is 6.07 Å². The average molecular weight is 346 g/mol. The summed E-state index contributed by atoms with van der Waals surface area (Å²) in [6.07, 6.45) is 5.58. The van der Waals surface area contributed by atoms with Crippen LogP contribution < -0.4 is 0 Å². The van der Waals surface area contributed by atoms with Crippen molar-refractivity contribution in [1.82, 2.24) is 19.7 Å². The van der Waals surface area contributed by atoms with Gasteiger partial charge in [-0.1, -0.05) is 0 Å². The molecule has 0 fully saturated rings. The maximum absolute atomic E-state index is 10.7. The summed E-state index contributed by atoms with van der Waals surface area (Å²) in [6.45, 7) is 3.61. The van der Waals surface area contributed by atoms with Crippen LogP contribution >= 0.6 is 11.3 Å². The number of rotatable bonds is 5. The van der Waals surface area contributed by atoms with E-state index in [9.17, 15) is 4.79 Å². The number of carbonyl (C=O) groups is 1. The van der Waals surface area contributed by atoms with Crippen molar-refractivity contribution in [2.45, 2.75) is 58.2 Å². The molecule has 1 aliphatic carbocycles. The summed E-state index contributed by atoms with van der Waals surface area (Å²) >= 11 is 1.89. The number of carboxylic acid groups (broad SMARTS) is 1. The molecule has 1 N–H and O–H groups in total. The van der Waals surface area contributed by atoms with Crippen LogP contribution in [-0.2, 0) is 43.7 Å². The molecule has 0 aromatic carbocycles. The summed E-state index contributed by atoms with van der Waals surface area (Å²) in [5, 5.41) is 14.6. The molecule has 1 aliphatic heterocycles. The zero-order chi connectivity index (χ0) is 16.5. The second kappa shape index (κ2) is 6.64. The van der Waals surface area contributed by atoms with E-state index < -0.39 is 5.97 Å². The van der Waals surface area contributed by atoms with Gasteiger partial charge in [0.15, 0.2) is 0 Å². The second-order valence-electron chi connectivity index (χ2n) is 6.64. The van der Waals surface area contributed by atoms with Gasteiger partial charge in [0, 0.05) is 24.4 Å². The quantitative estimate of drug-likeness (QED) is 0.899. The third-order valence-electron chi connectivity index (χ3n) is 4.77. The van der Waals surface area contributed by atoms with Crippen molar-refractivity contribution in [2.75, 3.05) is 6.54 Å². The number of carboxylic acids is 1. The van der Waals surface area contributed by atoms with Crippen molar-refractivity contribution in [1.29, 1.82) is 0 Å². The number of aliphatic carboxylic acids is 1. The monoisotopic (exact) mass is 346 g/mol. The first kappa shape index (κ1) is 15.8. The Kier molecular flexibility index (Phi) is 4.37. The van der Waals surface area contributed by atoms with Crippen LogP contribution in [0.3, 0.4) is 0 Å². The molecule has 2 aromatic heterocycles. The van der Waals surface area contributed by atoms with E-state index in [1.165, 1.54) is 40.5 Å². The van der Waals surface area contributed by atoms with Gasteiger partial charge in [0.2, 0.25) is 0 Å². The van der Waals surface area contributed by atoms with Crippen molar-refractivity contribution in [3.05, 3.63) is 33.0 Å². The molecule has 0 saturated carbocycles. The Bertz CT molecular complexity index is 728. The minimum Gasteiger partial charge on any atom is -0.481 e. The SMILES string of the molecule is O=C(O)CCc1cc2n(n1)CCN(Cc1nc3c(s1)CCCC3)C2. The lowest BCUT2D eigenvalue weighted by Gasteiger charge is -2.26. The van der Waals surface area contributed by atoms with E-state index in [4.69, 9.17) is 10.1 Å². The van der Waals surface area contributed by atoms with Crippen LogP contribution in [-0.4, -0.2) is 37.3 Å². The Hall–Kier alpha value is -1.73. The lowest BCUT2D eigenvalue weighted by atomic mass is 10.0. The van der Waals surface area contributed by atoms with Crippen molar-refractivity contribution in [2.24, 2.45) is 0 Å². The lowest BCUT2D eigenvalue weighted by Crippen LogP contribution is -2.33. The van der Waals surface area contributed by atoms with E-state index in [1.54, 1.807) is 0 Å². The lowest BCUT2D eigenvalue weighted by molar-refractivity contribution is -0.136. The van der Waals surface area contributed by atoms with Crippen LogP contribution in [0.5, 0.6) is 0 Å². The molecule has 7 heteroatoms. The summed E-state index contributed by atoms with van der Waals surface area (Å²) in [5.74, 6) is -0.768. The Balaban J connectivity index is 1.40. The Labute approximate surface area is 145 Å². The van der Waals surface area contributed by atoms with Gasteiger partial charge in [-0.15, -0.1) is 11.3 Å². The number of hydrogen-bond acceptors (Lipinski definition) is 5. The largest absolute Gasteiger partial charge is 0.481 e. The molecule has 0 bridgehead atoms. The smallest absolute Gasteiger partial charge is 0.303 e. The molecule has 0 unspecified atom stereocenters. The third-order valence-corrected chi connectivity index (χ3v) is 5.91. The molecular weight excluding hydrogens is 324 g/mol. The zero-order valence-electron chi connectivity index (χ0n) is 13.7. The maximum atomic E-state index is 10.7. The van der Waals surface area contributed by atoms with Crippen LogP contribution in [0.2, 0.25) is 0 Å². The first-order valence-electron chi connectivity index (χ1n) is 8.64. The molecule has 3 heterocycles. The number of nitrogens with zero attached hydrogens (tertiary/aromatic N) is 4. The van der Waals surface area contributed by atoms with E-state index in [0.717, 1.165) is 38.3 Å². The minimum absolute atomic E-state index is 0.144. The number of aryl methyl sites for hydroxylation is 3. The van der Waals surface area contributed by atoms with Crippen LogP contribution in [0.1, 0.15) is 46.2 Å². The predicted molar refractivity (Wildman–Crippen MR) is 91.1 cm³/mol. The van der Waals surface area contributed by atoms with E-state index >= 15 is 0 Å². The molecule has 128 valence electrons. The summed E-state index contributed by atoms with van der Waals surface area (Å²) in [5.41, 5.74) is 3.40. The Morgan fingerprint density at radius 2 is 2.17 bits per heavy atom. The minimum atomic E-state index is -0.768. The topological polar surface area (TPSA) is 71.2 Å². The molecule has 2 aromatic rings. The number of hydrogen-bond donors (Lipinski definition) is 1. The molecule has 0 spiro atoms. The number of thiazole rings is 1. The molecule has 0 radical (unpaired) electrons. The molecule has 0 saturated heterocycles. The van der Waals surface area contributed by atoms with Crippen LogP contribution in [0.4, 0.5) is 0 Å². The Morgan fingerprint density at radius 1 is 1.29 bits per heavy atom. The fourth-order valence-corrected chi connectivity index (χ4v) is 4.74. The van der Waals surface area contributed by atoms with Gasteiger partial charge in [-0.2, -0.15) is 5.10 Å². The molecule has 24 heavy (non-hydrogen) atoms. The average Bonchev–Trinajstić information content (AvgIpc) is 3.15. The summed E-state index contributed by atoms with van der Waals surface area (Å²) in [6, 6.07) is 2.06. The highest BCUT2D eigenvalue weighted by Gasteiger charge is 2.21. The van der Waals surface area contributed by atoms with E-state index in [0.29, 0.717) is 6.42 Å². The molecule has 0 amide bonds. The second-order valence-corrected chi connectivity index (χ2v) is 7.81. The third kappa shape index (κ3) is 3.37. The fourth-order valence-electron chi connectivity index (χ4n) is 3.54. The molecule has 0 atom stereocenters. The number of fused-ring (bicyclic) bond motifs is 2. The van der Waals surface area contributed by atoms with Gasteiger partial charge < -0.3 is 5.11 Å². The van der Waals surface area contributed by atoms with Crippen molar-refractivity contribution in [3.8, 4) is 0 Å². The standard InChI is InChI=1S/C17H22N4O2S/c22-17(23)6-5-12-9-13-10-20(7-8-21(13)19-12)11-16-18-14-3-1-2-4-15(14)24-16/h9H,1-8,10-11H2,(H,22,23). The van der Waals surface area contributed by atoms with Gasteiger partial charge in [-0.3, -0.25) is 14.4 Å². The first-order valence-corrected chi connectivity index (χ1v) is 9.46. The van der Waals surface area contributed by atoms with Crippen molar-refractivity contribution < 1.29 is 9.90 Å². The molecular formula is C17H22N4O2S. The molecule has 4 rings (SSSR count). The fraction of sp³-hybridized carbons (Fsp3) is 0.588. The highest BCUT2D eigenvalue weighted by atomic mass is 32.1. The molecule has 6 nitrogen and oxygen atoms in total. The van der Waals surface area contributed by atoms with Gasteiger partial charge in [-0.25, -0.2) is 4.98 Å². The van der Waals surface area contributed by atoms with Gasteiger partial charge >= 0.3 is 5.97 Å². The van der Waals surface area contributed by atoms with Gasteiger partial charge in [0.05, 0.1) is 36.6 Å².